The van der Waals surface area contributed by atoms with Crippen LogP contribution in [0.3, 0.4) is 0 Å². The second-order valence-corrected chi connectivity index (χ2v) is 7.87. The van der Waals surface area contributed by atoms with Crippen LogP contribution in [0.4, 0.5) is 5.69 Å². The zero-order valence-corrected chi connectivity index (χ0v) is 14.7. The summed E-state index contributed by atoms with van der Waals surface area (Å²) in [5, 5.41) is 2.69. The lowest BCUT2D eigenvalue weighted by Gasteiger charge is -2.08. The van der Waals surface area contributed by atoms with Crippen molar-refractivity contribution in [3.05, 3.63) is 65.7 Å². The number of nitrogens with one attached hydrogen (secondary N) is 2. The molecule has 2 N–H and O–H groups in total. The maximum absolute atomic E-state index is 12.2. The number of hydrogen-bond donors (Lipinski definition) is 2. The normalized spacial score (nSPS) is 14.6. The van der Waals surface area contributed by atoms with Crippen LogP contribution in [0, 0.1) is 6.92 Å². The number of amides is 1. The Labute approximate surface area is 147 Å². The number of hydrogen-bond acceptors (Lipinski definition) is 3. The third-order valence-corrected chi connectivity index (χ3v) is 5.33. The van der Waals surface area contributed by atoms with Gasteiger partial charge in [-0.2, -0.15) is 0 Å². The fourth-order valence-electron chi connectivity index (χ4n) is 2.26. The summed E-state index contributed by atoms with van der Waals surface area (Å²) in [4.78, 5) is 12.2. The summed E-state index contributed by atoms with van der Waals surface area (Å²) in [6.07, 6.45) is 4.89. The van der Waals surface area contributed by atoms with Crippen LogP contribution >= 0.6 is 0 Å². The fourth-order valence-corrected chi connectivity index (χ4v) is 3.61. The third-order valence-electron chi connectivity index (χ3n) is 3.82. The van der Waals surface area contributed by atoms with Gasteiger partial charge in [-0.3, -0.25) is 4.79 Å². The number of carbonyl (C=O) groups excluding carboxylic acids is 1. The standard InChI is InChI=1S/C19H20N2O3S/c1-14-5-7-15(8-6-14)9-12-19(22)20-17-3-2-4-18(13-17)25(23,24)21-16-10-11-16/h2-9,12-13,16,21H,10-11H2,1H3,(H,20,22)/b12-9+. The first-order valence-corrected chi connectivity index (χ1v) is 9.59. The van der Waals surface area contributed by atoms with E-state index in [1.165, 1.54) is 18.2 Å². The van der Waals surface area contributed by atoms with Crippen LogP contribution in [0.1, 0.15) is 24.0 Å². The van der Waals surface area contributed by atoms with E-state index in [1.54, 1.807) is 18.2 Å². The molecule has 0 radical (unpaired) electrons. The molecule has 6 heteroatoms. The molecule has 2 aromatic rings. The maximum atomic E-state index is 12.2. The Morgan fingerprint density at radius 3 is 2.52 bits per heavy atom. The molecular formula is C19H20N2O3S. The van der Waals surface area contributed by atoms with Crippen molar-refractivity contribution in [3.8, 4) is 0 Å². The molecule has 1 fully saturated rings. The van der Waals surface area contributed by atoms with Crippen LogP contribution < -0.4 is 10.0 Å². The first kappa shape index (κ1) is 17.4. The van der Waals surface area contributed by atoms with Crippen molar-refractivity contribution in [2.45, 2.75) is 30.7 Å². The van der Waals surface area contributed by atoms with Gasteiger partial charge in [-0.05, 0) is 49.6 Å². The predicted molar refractivity (Wildman–Crippen MR) is 98.6 cm³/mol. The molecule has 130 valence electrons. The molecular weight excluding hydrogens is 336 g/mol. The third kappa shape index (κ3) is 5.01. The van der Waals surface area contributed by atoms with Crippen molar-refractivity contribution < 1.29 is 13.2 Å². The molecule has 1 amide bonds. The summed E-state index contributed by atoms with van der Waals surface area (Å²) in [5.41, 5.74) is 2.52. The van der Waals surface area contributed by atoms with Crippen molar-refractivity contribution in [3.63, 3.8) is 0 Å². The predicted octanol–water partition coefficient (Wildman–Crippen LogP) is 3.09. The van der Waals surface area contributed by atoms with Crippen LogP contribution in [0.25, 0.3) is 6.08 Å². The van der Waals surface area contributed by atoms with E-state index in [0.29, 0.717) is 5.69 Å². The van der Waals surface area contributed by atoms with Crippen molar-refractivity contribution in [1.29, 1.82) is 0 Å². The molecule has 0 aromatic heterocycles. The van der Waals surface area contributed by atoms with Gasteiger partial charge in [0.25, 0.3) is 0 Å². The molecule has 5 nitrogen and oxygen atoms in total. The Morgan fingerprint density at radius 2 is 1.84 bits per heavy atom. The van der Waals surface area contributed by atoms with Crippen LogP contribution in [0.5, 0.6) is 0 Å². The summed E-state index contributed by atoms with van der Waals surface area (Å²) in [5.74, 6) is -0.315. The van der Waals surface area contributed by atoms with Crippen LogP contribution in [-0.2, 0) is 14.8 Å². The molecule has 3 rings (SSSR count). The molecule has 1 saturated carbocycles. The molecule has 0 atom stereocenters. The molecule has 0 spiro atoms. The van der Waals surface area contributed by atoms with Crippen LogP contribution in [-0.4, -0.2) is 20.4 Å². The largest absolute Gasteiger partial charge is 0.322 e. The lowest BCUT2D eigenvalue weighted by molar-refractivity contribution is -0.111. The average molecular weight is 356 g/mol. The minimum absolute atomic E-state index is 0.0423. The second-order valence-electron chi connectivity index (χ2n) is 6.16. The lowest BCUT2D eigenvalue weighted by Crippen LogP contribution is -2.25. The van der Waals surface area contributed by atoms with Gasteiger partial charge in [-0.1, -0.05) is 35.9 Å². The summed E-state index contributed by atoms with van der Waals surface area (Å²) in [7, 11) is -3.53. The minimum Gasteiger partial charge on any atom is -0.322 e. The Balaban J connectivity index is 1.67. The molecule has 1 aliphatic rings. The van der Waals surface area contributed by atoms with Gasteiger partial charge in [-0.15, -0.1) is 0 Å². The van der Waals surface area contributed by atoms with Gasteiger partial charge >= 0.3 is 0 Å². The minimum atomic E-state index is -3.53. The van der Waals surface area contributed by atoms with E-state index in [9.17, 15) is 13.2 Å². The number of carbonyl (C=O) groups is 1. The number of benzene rings is 2. The molecule has 0 saturated heterocycles. The van der Waals surface area contributed by atoms with Gasteiger partial charge in [0.05, 0.1) is 4.90 Å². The fraction of sp³-hybridized carbons (Fsp3) is 0.211. The van der Waals surface area contributed by atoms with E-state index in [2.05, 4.69) is 10.0 Å². The van der Waals surface area contributed by atoms with E-state index in [4.69, 9.17) is 0 Å². The van der Waals surface area contributed by atoms with Crippen molar-refractivity contribution in [2.24, 2.45) is 0 Å². The number of anilines is 1. The second kappa shape index (κ2) is 7.21. The average Bonchev–Trinajstić information content (AvgIpc) is 3.38. The lowest BCUT2D eigenvalue weighted by atomic mass is 10.1. The van der Waals surface area contributed by atoms with E-state index in [-0.39, 0.29) is 16.8 Å². The van der Waals surface area contributed by atoms with Gasteiger partial charge < -0.3 is 5.32 Å². The van der Waals surface area contributed by atoms with Gasteiger partial charge in [0.1, 0.15) is 0 Å². The summed E-state index contributed by atoms with van der Waals surface area (Å²) < 4.78 is 27.1. The monoisotopic (exact) mass is 356 g/mol. The van der Waals surface area contributed by atoms with E-state index in [1.807, 2.05) is 31.2 Å². The molecule has 2 aromatic carbocycles. The molecule has 25 heavy (non-hydrogen) atoms. The first-order chi connectivity index (χ1) is 11.9. The molecule has 0 heterocycles. The molecule has 1 aliphatic carbocycles. The van der Waals surface area contributed by atoms with E-state index >= 15 is 0 Å². The van der Waals surface area contributed by atoms with E-state index in [0.717, 1.165) is 24.0 Å². The number of rotatable bonds is 6. The smallest absolute Gasteiger partial charge is 0.248 e. The van der Waals surface area contributed by atoms with Crippen molar-refractivity contribution in [2.75, 3.05) is 5.32 Å². The summed E-state index contributed by atoms with van der Waals surface area (Å²) in [6, 6.07) is 14.1. The summed E-state index contributed by atoms with van der Waals surface area (Å²) >= 11 is 0. The van der Waals surface area contributed by atoms with Gasteiger partial charge in [0.15, 0.2) is 0 Å². The molecule has 0 bridgehead atoms. The quantitative estimate of drug-likeness (QED) is 0.781. The zero-order chi connectivity index (χ0) is 17.9. The SMILES string of the molecule is Cc1ccc(/C=C/C(=O)Nc2cccc(S(=O)(=O)NC3CC3)c2)cc1. The Hall–Kier alpha value is -2.44. The van der Waals surface area contributed by atoms with Gasteiger partial charge in [0, 0.05) is 17.8 Å². The Kier molecular flexibility index (Phi) is 5.01. The molecule has 0 aliphatic heterocycles. The highest BCUT2D eigenvalue weighted by Gasteiger charge is 2.28. The number of sulfonamides is 1. The highest BCUT2D eigenvalue weighted by atomic mass is 32.2. The topological polar surface area (TPSA) is 75.3 Å². The number of aryl methyl sites for hydroxylation is 1. The van der Waals surface area contributed by atoms with Gasteiger partial charge in [0.2, 0.25) is 15.9 Å². The Morgan fingerprint density at radius 1 is 1.12 bits per heavy atom. The van der Waals surface area contributed by atoms with Crippen molar-refractivity contribution >= 4 is 27.7 Å². The van der Waals surface area contributed by atoms with Crippen LogP contribution in [0.15, 0.2) is 59.5 Å². The van der Waals surface area contributed by atoms with E-state index < -0.39 is 10.0 Å². The maximum Gasteiger partial charge on any atom is 0.248 e. The zero-order valence-electron chi connectivity index (χ0n) is 13.9. The highest BCUT2D eigenvalue weighted by molar-refractivity contribution is 7.89. The van der Waals surface area contributed by atoms with Crippen molar-refractivity contribution in [1.82, 2.24) is 4.72 Å². The molecule has 0 unspecified atom stereocenters. The first-order valence-electron chi connectivity index (χ1n) is 8.10. The van der Waals surface area contributed by atoms with Crippen LogP contribution in [0.2, 0.25) is 0 Å². The van der Waals surface area contributed by atoms with Gasteiger partial charge in [-0.25, -0.2) is 13.1 Å². The highest BCUT2D eigenvalue weighted by Crippen LogP contribution is 2.23. The Bertz CT molecular complexity index is 899. The summed E-state index contributed by atoms with van der Waals surface area (Å²) in [6.45, 7) is 2.00.